The average molecular weight is 380 g/mol. The first-order valence-electron chi connectivity index (χ1n) is 6.55. The summed E-state index contributed by atoms with van der Waals surface area (Å²) in [5.74, 6) is 0.686. The van der Waals surface area contributed by atoms with E-state index in [1.807, 2.05) is 12.1 Å². The van der Waals surface area contributed by atoms with Crippen molar-refractivity contribution >= 4 is 38.4 Å². The predicted molar refractivity (Wildman–Crippen MR) is 90.8 cm³/mol. The zero-order valence-electron chi connectivity index (χ0n) is 11.7. The lowest BCUT2D eigenvalue weighted by molar-refractivity contribution is 0.408. The lowest BCUT2D eigenvalue weighted by Gasteiger charge is -2.11. The van der Waals surface area contributed by atoms with Crippen molar-refractivity contribution in [2.45, 2.75) is 6.54 Å². The summed E-state index contributed by atoms with van der Waals surface area (Å²) in [5.41, 5.74) is 1.39. The molecular weight excluding hydrogens is 368 g/mol. The third kappa shape index (κ3) is 2.87. The van der Waals surface area contributed by atoms with Crippen LogP contribution in [-0.2, 0) is 6.54 Å². The summed E-state index contributed by atoms with van der Waals surface area (Å²) in [6.45, 7) is 0.345. The second kappa shape index (κ2) is 6.10. The van der Waals surface area contributed by atoms with Crippen LogP contribution in [0.3, 0.4) is 0 Å². The molecule has 0 N–H and O–H groups in total. The standard InChI is InChI=1S/C16H12BrClN2O2/c1-22-15-5-3-12(18)6-10(15)8-20-9-19-14-4-2-11(17)7-13(14)16(20)21/h2-7,9H,8H2,1H3. The number of halogens is 2. The molecule has 0 fully saturated rings. The van der Waals surface area contributed by atoms with E-state index in [2.05, 4.69) is 20.9 Å². The summed E-state index contributed by atoms with van der Waals surface area (Å²) in [4.78, 5) is 16.9. The second-order valence-electron chi connectivity index (χ2n) is 4.80. The van der Waals surface area contributed by atoms with Crippen molar-refractivity contribution in [1.29, 1.82) is 0 Å². The van der Waals surface area contributed by atoms with Crippen LogP contribution < -0.4 is 10.3 Å². The van der Waals surface area contributed by atoms with Crippen LogP contribution in [0.1, 0.15) is 5.56 Å². The lowest BCUT2D eigenvalue weighted by atomic mass is 10.2. The zero-order chi connectivity index (χ0) is 15.7. The highest BCUT2D eigenvalue weighted by Gasteiger charge is 2.09. The molecule has 3 rings (SSSR count). The predicted octanol–water partition coefficient (Wildman–Crippen LogP) is 3.87. The number of ether oxygens (including phenoxy) is 1. The van der Waals surface area contributed by atoms with Crippen molar-refractivity contribution in [3.63, 3.8) is 0 Å². The summed E-state index contributed by atoms with van der Waals surface area (Å²) >= 11 is 9.41. The molecule has 0 saturated carbocycles. The molecule has 22 heavy (non-hydrogen) atoms. The molecule has 0 unspecified atom stereocenters. The molecule has 0 aliphatic heterocycles. The van der Waals surface area contributed by atoms with E-state index < -0.39 is 0 Å². The smallest absolute Gasteiger partial charge is 0.261 e. The average Bonchev–Trinajstić information content (AvgIpc) is 2.51. The summed E-state index contributed by atoms with van der Waals surface area (Å²) in [5, 5.41) is 1.17. The fourth-order valence-corrected chi connectivity index (χ4v) is 2.85. The Morgan fingerprint density at radius 2 is 2.09 bits per heavy atom. The van der Waals surface area contributed by atoms with Gasteiger partial charge in [-0.05, 0) is 36.4 Å². The molecule has 0 spiro atoms. The van der Waals surface area contributed by atoms with E-state index in [4.69, 9.17) is 16.3 Å². The van der Waals surface area contributed by atoms with E-state index in [1.165, 1.54) is 0 Å². The first-order valence-corrected chi connectivity index (χ1v) is 7.72. The highest BCUT2D eigenvalue weighted by atomic mass is 79.9. The van der Waals surface area contributed by atoms with Crippen LogP contribution in [0.5, 0.6) is 5.75 Å². The van der Waals surface area contributed by atoms with E-state index in [1.54, 1.807) is 42.3 Å². The van der Waals surface area contributed by atoms with Gasteiger partial charge in [0.05, 0.1) is 30.9 Å². The largest absolute Gasteiger partial charge is 0.496 e. The van der Waals surface area contributed by atoms with E-state index in [9.17, 15) is 4.79 Å². The molecule has 0 atom stereocenters. The van der Waals surface area contributed by atoms with Crippen molar-refractivity contribution in [3.05, 3.63) is 68.1 Å². The summed E-state index contributed by atoms with van der Waals surface area (Å²) in [6.07, 6.45) is 1.54. The molecule has 1 aromatic heterocycles. The van der Waals surface area contributed by atoms with E-state index in [0.29, 0.717) is 28.2 Å². The molecule has 0 aliphatic carbocycles. The molecule has 0 saturated heterocycles. The Kier molecular flexibility index (Phi) is 4.18. The SMILES string of the molecule is COc1ccc(Cl)cc1Cn1cnc2ccc(Br)cc2c1=O. The van der Waals surface area contributed by atoms with Gasteiger partial charge in [0.2, 0.25) is 0 Å². The minimum Gasteiger partial charge on any atom is -0.496 e. The van der Waals surface area contributed by atoms with Crippen LogP contribution in [-0.4, -0.2) is 16.7 Å². The van der Waals surface area contributed by atoms with Gasteiger partial charge in [-0.1, -0.05) is 27.5 Å². The first-order chi connectivity index (χ1) is 10.6. The van der Waals surface area contributed by atoms with Crippen molar-refractivity contribution < 1.29 is 4.74 Å². The molecule has 3 aromatic rings. The maximum atomic E-state index is 12.6. The highest BCUT2D eigenvalue weighted by Crippen LogP contribution is 2.23. The molecule has 4 nitrogen and oxygen atoms in total. The third-order valence-electron chi connectivity index (χ3n) is 3.37. The van der Waals surface area contributed by atoms with Crippen LogP contribution in [0.25, 0.3) is 10.9 Å². The van der Waals surface area contributed by atoms with Gasteiger partial charge < -0.3 is 4.74 Å². The Labute approximate surface area is 140 Å². The molecule has 0 bridgehead atoms. The number of rotatable bonds is 3. The van der Waals surface area contributed by atoms with Gasteiger partial charge in [0, 0.05) is 15.1 Å². The Hall–Kier alpha value is -1.85. The van der Waals surface area contributed by atoms with Crippen molar-refractivity contribution in [1.82, 2.24) is 9.55 Å². The van der Waals surface area contributed by atoms with E-state index in [-0.39, 0.29) is 5.56 Å². The van der Waals surface area contributed by atoms with E-state index in [0.717, 1.165) is 10.0 Å². The number of hydrogen-bond donors (Lipinski definition) is 0. The Morgan fingerprint density at radius 1 is 1.27 bits per heavy atom. The Balaban J connectivity index is 2.10. The maximum absolute atomic E-state index is 12.6. The van der Waals surface area contributed by atoms with Crippen molar-refractivity contribution in [3.8, 4) is 5.75 Å². The summed E-state index contributed by atoms with van der Waals surface area (Å²) in [7, 11) is 1.59. The first kappa shape index (κ1) is 15.1. The van der Waals surface area contributed by atoms with Gasteiger partial charge >= 0.3 is 0 Å². The molecule has 0 aliphatic rings. The van der Waals surface area contributed by atoms with Crippen LogP contribution in [0, 0.1) is 0 Å². The Morgan fingerprint density at radius 3 is 2.86 bits per heavy atom. The molecule has 0 radical (unpaired) electrons. The number of nitrogens with zero attached hydrogens (tertiary/aromatic N) is 2. The fraction of sp³-hybridized carbons (Fsp3) is 0.125. The van der Waals surface area contributed by atoms with E-state index >= 15 is 0 Å². The molecule has 0 amide bonds. The van der Waals surface area contributed by atoms with Gasteiger partial charge in [0.1, 0.15) is 5.75 Å². The van der Waals surface area contributed by atoms with Gasteiger partial charge in [-0.15, -0.1) is 0 Å². The van der Waals surface area contributed by atoms with Crippen LogP contribution in [0.4, 0.5) is 0 Å². The van der Waals surface area contributed by atoms with Crippen LogP contribution >= 0.6 is 27.5 Å². The number of benzene rings is 2. The minimum absolute atomic E-state index is 0.103. The summed E-state index contributed by atoms with van der Waals surface area (Å²) in [6, 6.07) is 10.8. The lowest BCUT2D eigenvalue weighted by Crippen LogP contribution is -2.21. The second-order valence-corrected chi connectivity index (χ2v) is 6.15. The normalized spacial score (nSPS) is 10.9. The number of methoxy groups -OCH3 is 1. The molecule has 112 valence electrons. The quantitative estimate of drug-likeness (QED) is 0.694. The van der Waals surface area contributed by atoms with Crippen LogP contribution in [0.2, 0.25) is 5.02 Å². The van der Waals surface area contributed by atoms with Gasteiger partial charge in [0.15, 0.2) is 0 Å². The molecule has 6 heteroatoms. The number of hydrogen-bond acceptors (Lipinski definition) is 3. The van der Waals surface area contributed by atoms with Crippen molar-refractivity contribution in [2.24, 2.45) is 0 Å². The van der Waals surface area contributed by atoms with Crippen molar-refractivity contribution in [2.75, 3.05) is 7.11 Å². The van der Waals surface area contributed by atoms with Gasteiger partial charge in [-0.25, -0.2) is 4.98 Å². The molecule has 1 heterocycles. The highest BCUT2D eigenvalue weighted by molar-refractivity contribution is 9.10. The topological polar surface area (TPSA) is 44.1 Å². The summed E-state index contributed by atoms with van der Waals surface area (Å²) < 4.78 is 7.71. The number of aromatic nitrogens is 2. The molecular formula is C16H12BrClN2O2. The fourth-order valence-electron chi connectivity index (χ4n) is 2.30. The maximum Gasteiger partial charge on any atom is 0.261 e. The third-order valence-corrected chi connectivity index (χ3v) is 4.10. The number of fused-ring (bicyclic) bond motifs is 1. The zero-order valence-corrected chi connectivity index (χ0v) is 14.1. The minimum atomic E-state index is -0.103. The molecule has 2 aromatic carbocycles. The van der Waals surface area contributed by atoms with Crippen LogP contribution in [0.15, 0.2) is 52.0 Å². The Bertz CT molecular complexity index is 908. The monoisotopic (exact) mass is 378 g/mol. The van der Waals surface area contributed by atoms with Gasteiger partial charge in [0.25, 0.3) is 5.56 Å². The van der Waals surface area contributed by atoms with Gasteiger partial charge in [-0.3, -0.25) is 9.36 Å². The van der Waals surface area contributed by atoms with Gasteiger partial charge in [-0.2, -0.15) is 0 Å².